The van der Waals surface area contributed by atoms with Gasteiger partial charge in [0.25, 0.3) is 5.91 Å². The van der Waals surface area contributed by atoms with E-state index in [0.29, 0.717) is 23.5 Å². The van der Waals surface area contributed by atoms with Crippen molar-refractivity contribution in [2.75, 3.05) is 11.5 Å². The molecular weight excluding hydrogens is 436 g/mol. The first-order chi connectivity index (χ1) is 15.9. The SMILES string of the molecule is Cc1nn([C@H]2CCS(=O)(=O)C2)c2nc(C3CC3)cc(C(=O)N[C@@H]3CCCc4ccccc43)c12. The predicted molar refractivity (Wildman–Crippen MR) is 126 cm³/mol. The van der Waals surface area contributed by atoms with Crippen molar-refractivity contribution in [1.29, 1.82) is 0 Å². The van der Waals surface area contributed by atoms with Crippen LogP contribution in [-0.4, -0.2) is 40.6 Å². The van der Waals surface area contributed by atoms with Gasteiger partial charge in [0.05, 0.1) is 40.2 Å². The molecule has 0 radical (unpaired) electrons. The smallest absolute Gasteiger partial charge is 0.252 e. The van der Waals surface area contributed by atoms with Crippen LogP contribution in [0.4, 0.5) is 0 Å². The van der Waals surface area contributed by atoms with Crippen molar-refractivity contribution < 1.29 is 13.2 Å². The van der Waals surface area contributed by atoms with Crippen molar-refractivity contribution in [1.82, 2.24) is 20.1 Å². The molecule has 33 heavy (non-hydrogen) atoms. The molecule has 1 aromatic carbocycles. The molecule has 1 N–H and O–H groups in total. The van der Waals surface area contributed by atoms with Crippen molar-refractivity contribution in [3.8, 4) is 0 Å². The Kier molecular flexibility index (Phi) is 4.83. The highest BCUT2D eigenvalue weighted by Gasteiger charge is 2.34. The Hall–Kier alpha value is -2.74. The molecule has 0 spiro atoms. The largest absolute Gasteiger partial charge is 0.345 e. The van der Waals surface area contributed by atoms with E-state index < -0.39 is 9.84 Å². The minimum absolute atomic E-state index is 0.00892. The number of hydrogen-bond donors (Lipinski definition) is 1. The molecule has 0 bridgehead atoms. The van der Waals surface area contributed by atoms with E-state index in [0.717, 1.165) is 48.9 Å². The van der Waals surface area contributed by atoms with E-state index in [1.54, 1.807) is 4.68 Å². The first-order valence-electron chi connectivity index (χ1n) is 11.9. The molecule has 0 unspecified atom stereocenters. The van der Waals surface area contributed by atoms with Gasteiger partial charge in [-0.1, -0.05) is 24.3 Å². The Morgan fingerprint density at radius 1 is 1.15 bits per heavy atom. The molecule has 2 fully saturated rings. The van der Waals surface area contributed by atoms with Gasteiger partial charge in [-0.05, 0) is 62.6 Å². The summed E-state index contributed by atoms with van der Waals surface area (Å²) in [6.07, 6.45) is 5.69. The van der Waals surface area contributed by atoms with Gasteiger partial charge in [-0.3, -0.25) is 4.79 Å². The third kappa shape index (κ3) is 3.74. The molecule has 172 valence electrons. The quantitative estimate of drug-likeness (QED) is 0.634. The molecule has 3 aliphatic rings. The second kappa shape index (κ2) is 7.65. The average molecular weight is 465 g/mol. The summed E-state index contributed by atoms with van der Waals surface area (Å²) in [5.74, 6) is 0.522. The van der Waals surface area contributed by atoms with Crippen molar-refractivity contribution in [3.05, 3.63) is 58.4 Å². The van der Waals surface area contributed by atoms with Gasteiger partial charge in [0, 0.05) is 11.6 Å². The van der Waals surface area contributed by atoms with Crippen LogP contribution in [0.1, 0.15) is 83.0 Å². The summed E-state index contributed by atoms with van der Waals surface area (Å²) in [4.78, 5) is 18.5. The van der Waals surface area contributed by atoms with Crippen LogP contribution in [-0.2, 0) is 16.3 Å². The summed E-state index contributed by atoms with van der Waals surface area (Å²) in [7, 11) is -3.06. The maximum absolute atomic E-state index is 13.6. The molecule has 1 amide bonds. The summed E-state index contributed by atoms with van der Waals surface area (Å²) < 4.78 is 26.0. The minimum Gasteiger partial charge on any atom is -0.345 e. The molecule has 2 aromatic heterocycles. The predicted octanol–water partition coefficient (Wildman–Crippen LogP) is 3.78. The number of aryl methyl sites for hydroxylation is 2. The van der Waals surface area contributed by atoms with Gasteiger partial charge < -0.3 is 5.32 Å². The molecule has 1 saturated carbocycles. The molecule has 3 aromatic rings. The molecule has 2 atom stereocenters. The van der Waals surface area contributed by atoms with E-state index >= 15 is 0 Å². The summed E-state index contributed by atoms with van der Waals surface area (Å²) >= 11 is 0. The number of nitrogens with one attached hydrogen (secondary N) is 1. The Bertz CT molecular complexity index is 1370. The number of benzene rings is 1. The first kappa shape index (κ1) is 20.8. The van der Waals surface area contributed by atoms with Crippen molar-refractivity contribution in [2.45, 2.75) is 63.5 Å². The highest BCUT2D eigenvalue weighted by Crippen LogP contribution is 2.41. The van der Waals surface area contributed by atoms with Crippen molar-refractivity contribution in [2.24, 2.45) is 0 Å². The fourth-order valence-electron chi connectivity index (χ4n) is 5.46. The van der Waals surface area contributed by atoms with E-state index in [2.05, 4.69) is 23.5 Å². The van der Waals surface area contributed by atoms with Gasteiger partial charge in [-0.25, -0.2) is 18.1 Å². The summed E-state index contributed by atoms with van der Waals surface area (Å²) in [5.41, 5.74) is 5.40. The number of aromatic nitrogens is 3. The van der Waals surface area contributed by atoms with E-state index in [1.807, 2.05) is 19.1 Å². The van der Waals surface area contributed by atoms with Crippen LogP contribution in [0.5, 0.6) is 0 Å². The van der Waals surface area contributed by atoms with Gasteiger partial charge in [-0.15, -0.1) is 0 Å². The van der Waals surface area contributed by atoms with Crippen LogP contribution in [0.3, 0.4) is 0 Å². The number of carbonyl (C=O) groups is 1. The Morgan fingerprint density at radius 2 is 1.97 bits per heavy atom. The highest BCUT2D eigenvalue weighted by atomic mass is 32.2. The first-order valence-corrected chi connectivity index (χ1v) is 13.7. The number of nitrogens with zero attached hydrogens (tertiary/aromatic N) is 3. The molecule has 6 rings (SSSR count). The van der Waals surface area contributed by atoms with Crippen LogP contribution in [0.2, 0.25) is 0 Å². The average Bonchev–Trinajstić information content (AvgIpc) is 3.52. The Labute approximate surface area is 193 Å². The van der Waals surface area contributed by atoms with Crippen LogP contribution in [0.15, 0.2) is 30.3 Å². The van der Waals surface area contributed by atoms with Gasteiger partial charge in [-0.2, -0.15) is 5.10 Å². The molecule has 2 aliphatic carbocycles. The maximum Gasteiger partial charge on any atom is 0.252 e. The normalized spacial score (nSPS) is 24.0. The Morgan fingerprint density at radius 3 is 2.73 bits per heavy atom. The molecule has 1 saturated heterocycles. The van der Waals surface area contributed by atoms with E-state index in [4.69, 9.17) is 10.1 Å². The fourth-order valence-corrected chi connectivity index (χ4v) is 7.15. The van der Waals surface area contributed by atoms with Gasteiger partial charge in [0.15, 0.2) is 15.5 Å². The second-order valence-electron chi connectivity index (χ2n) is 9.77. The highest BCUT2D eigenvalue weighted by molar-refractivity contribution is 7.91. The van der Waals surface area contributed by atoms with Crippen LogP contribution >= 0.6 is 0 Å². The monoisotopic (exact) mass is 464 g/mol. The van der Waals surface area contributed by atoms with Gasteiger partial charge in [0.2, 0.25) is 0 Å². The van der Waals surface area contributed by atoms with Gasteiger partial charge >= 0.3 is 0 Å². The van der Waals surface area contributed by atoms with Crippen LogP contribution < -0.4 is 5.32 Å². The topological polar surface area (TPSA) is 93.9 Å². The lowest BCUT2D eigenvalue weighted by atomic mass is 9.87. The third-order valence-electron chi connectivity index (χ3n) is 7.33. The summed E-state index contributed by atoms with van der Waals surface area (Å²) in [6.45, 7) is 1.88. The molecular formula is C25H28N4O3S. The second-order valence-corrected chi connectivity index (χ2v) is 12.0. The summed E-state index contributed by atoms with van der Waals surface area (Å²) in [6, 6.07) is 10.0. The van der Waals surface area contributed by atoms with Crippen molar-refractivity contribution >= 4 is 26.8 Å². The number of carbonyl (C=O) groups excluding carboxylic acids is 1. The van der Waals surface area contributed by atoms with Gasteiger partial charge in [0.1, 0.15) is 0 Å². The zero-order valence-electron chi connectivity index (χ0n) is 18.8. The number of rotatable bonds is 4. The molecule has 7 nitrogen and oxygen atoms in total. The van der Waals surface area contributed by atoms with Crippen LogP contribution in [0, 0.1) is 6.92 Å². The molecule has 8 heteroatoms. The van der Waals surface area contributed by atoms with E-state index in [1.165, 1.54) is 11.1 Å². The lowest BCUT2D eigenvalue weighted by Crippen LogP contribution is -2.31. The lowest BCUT2D eigenvalue weighted by Gasteiger charge is -2.26. The number of pyridine rings is 1. The number of amides is 1. The van der Waals surface area contributed by atoms with Crippen molar-refractivity contribution in [3.63, 3.8) is 0 Å². The number of hydrogen-bond acceptors (Lipinski definition) is 5. The number of sulfone groups is 1. The zero-order valence-corrected chi connectivity index (χ0v) is 19.6. The fraction of sp³-hybridized carbons (Fsp3) is 0.480. The number of fused-ring (bicyclic) bond motifs is 2. The molecule has 3 heterocycles. The van der Waals surface area contributed by atoms with E-state index in [-0.39, 0.29) is 29.5 Å². The third-order valence-corrected chi connectivity index (χ3v) is 9.08. The van der Waals surface area contributed by atoms with E-state index in [9.17, 15) is 13.2 Å². The maximum atomic E-state index is 13.6. The molecule has 1 aliphatic heterocycles. The Balaban J connectivity index is 1.41. The minimum atomic E-state index is -3.06. The lowest BCUT2D eigenvalue weighted by molar-refractivity contribution is 0.0934. The zero-order chi connectivity index (χ0) is 22.7. The van der Waals surface area contributed by atoms with Crippen LogP contribution in [0.25, 0.3) is 11.0 Å². The summed E-state index contributed by atoms with van der Waals surface area (Å²) in [5, 5.41) is 8.72. The standard InChI is InChI=1S/C25H28N4O3S/c1-15-23-20(25(30)27-21-8-4-6-16-5-2-3-7-19(16)21)13-22(17-9-10-17)26-24(23)29(28-15)18-11-12-33(31,32)14-18/h2-3,5,7,13,17-18,21H,4,6,8-12,14H2,1H3,(H,27,30)/t18-,21+/m0/s1.